The van der Waals surface area contributed by atoms with E-state index >= 15 is 0 Å². The van der Waals surface area contributed by atoms with E-state index < -0.39 is 0 Å². The largest absolute Gasteiger partial charge is 0.339 e. The summed E-state index contributed by atoms with van der Waals surface area (Å²) in [5, 5.41) is 0. The summed E-state index contributed by atoms with van der Waals surface area (Å²) < 4.78 is 8.15. The lowest BCUT2D eigenvalue weighted by Gasteiger charge is -2.30. The summed E-state index contributed by atoms with van der Waals surface area (Å²) in [6.45, 7) is 3.91. The number of rotatable bonds is 1. The maximum Gasteiger partial charge on any atom is 0.255 e. The molecule has 3 heterocycles. The van der Waals surface area contributed by atoms with E-state index in [9.17, 15) is 4.79 Å². The van der Waals surface area contributed by atoms with Gasteiger partial charge in [0.1, 0.15) is 5.52 Å². The molecule has 2 aromatic heterocycles. The van der Waals surface area contributed by atoms with Crippen molar-refractivity contribution in [2.24, 2.45) is 5.92 Å². The van der Waals surface area contributed by atoms with Gasteiger partial charge in [0, 0.05) is 19.3 Å². The van der Waals surface area contributed by atoms with E-state index in [1.807, 2.05) is 4.90 Å². The molecule has 0 N–H and O–H groups in total. The molecular formula is C12H14N4OS. The lowest BCUT2D eigenvalue weighted by molar-refractivity contribution is 0.0697. The second-order valence-electron chi connectivity index (χ2n) is 4.81. The van der Waals surface area contributed by atoms with E-state index in [-0.39, 0.29) is 5.91 Å². The topological polar surface area (TPSA) is 59.0 Å². The van der Waals surface area contributed by atoms with Crippen LogP contribution in [0.4, 0.5) is 0 Å². The van der Waals surface area contributed by atoms with Gasteiger partial charge in [-0.25, -0.2) is 4.98 Å². The first-order valence-corrected chi connectivity index (χ1v) is 6.84. The van der Waals surface area contributed by atoms with Gasteiger partial charge in [0.15, 0.2) is 5.65 Å². The van der Waals surface area contributed by atoms with Crippen LogP contribution >= 0.6 is 11.7 Å². The number of amides is 1. The number of carbonyl (C=O) groups excluding carboxylic acids is 1. The minimum atomic E-state index is 0.0595. The molecule has 18 heavy (non-hydrogen) atoms. The molecule has 0 aliphatic carbocycles. The summed E-state index contributed by atoms with van der Waals surface area (Å²) in [5.74, 6) is 0.779. The average Bonchev–Trinajstić information content (AvgIpc) is 2.86. The SMILES string of the molecule is CC1CCN(C(=O)c2cnc3nsnc3c2)CC1. The van der Waals surface area contributed by atoms with E-state index in [2.05, 4.69) is 20.7 Å². The lowest BCUT2D eigenvalue weighted by Crippen LogP contribution is -2.37. The number of piperidine rings is 1. The monoisotopic (exact) mass is 262 g/mol. The number of aromatic nitrogens is 3. The van der Waals surface area contributed by atoms with Crippen molar-refractivity contribution in [2.45, 2.75) is 19.8 Å². The van der Waals surface area contributed by atoms with Gasteiger partial charge in [-0.2, -0.15) is 8.75 Å². The minimum Gasteiger partial charge on any atom is -0.339 e. The summed E-state index contributed by atoms with van der Waals surface area (Å²) in [6, 6.07) is 1.78. The molecule has 1 saturated heterocycles. The summed E-state index contributed by atoms with van der Waals surface area (Å²) in [5.41, 5.74) is 1.93. The Bertz CT molecular complexity index is 574. The van der Waals surface area contributed by atoms with Crippen LogP contribution in [0, 0.1) is 5.92 Å². The first-order valence-electron chi connectivity index (χ1n) is 6.11. The molecule has 0 radical (unpaired) electrons. The number of carbonyl (C=O) groups is 1. The predicted molar refractivity (Wildman–Crippen MR) is 69.5 cm³/mol. The highest BCUT2D eigenvalue weighted by atomic mass is 32.1. The molecule has 0 aromatic carbocycles. The summed E-state index contributed by atoms with van der Waals surface area (Å²) >= 11 is 1.12. The molecule has 94 valence electrons. The van der Waals surface area contributed by atoms with Crippen molar-refractivity contribution in [2.75, 3.05) is 13.1 Å². The van der Waals surface area contributed by atoms with E-state index in [4.69, 9.17) is 0 Å². The van der Waals surface area contributed by atoms with Crippen LogP contribution in [0.5, 0.6) is 0 Å². The summed E-state index contributed by atoms with van der Waals surface area (Å²) in [7, 11) is 0. The first-order chi connectivity index (χ1) is 8.74. The molecule has 3 rings (SSSR count). The molecule has 0 bridgehead atoms. The third kappa shape index (κ3) is 2.08. The van der Waals surface area contributed by atoms with E-state index in [1.54, 1.807) is 12.3 Å². The fraction of sp³-hybridized carbons (Fsp3) is 0.500. The molecular weight excluding hydrogens is 248 g/mol. The fourth-order valence-electron chi connectivity index (χ4n) is 2.20. The Kier molecular flexibility index (Phi) is 2.95. The van der Waals surface area contributed by atoms with Crippen LogP contribution in [0.3, 0.4) is 0 Å². The van der Waals surface area contributed by atoms with Crippen molar-refractivity contribution in [3.05, 3.63) is 17.8 Å². The first kappa shape index (κ1) is 11.5. The maximum atomic E-state index is 12.3. The average molecular weight is 262 g/mol. The molecule has 1 aliphatic heterocycles. The highest BCUT2D eigenvalue weighted by Gasteiger charge is 2.22. The van der Waals surface area contributed by atoms with E-state index in [0.29, 0.717) is 16.7 Å². The van der Waals surface area contributed by atoms with Crippen LogP contribution in [0.15, 0.2) is 12.3 Å². The van der Waals surface area contributed by atoms with Gasteiger partial charge in [0.2, 0.25) is 0 Å². The number of pyridine rings is 1. The van der Waals surface area contributed by atoms with Gasteiger partial charge >= 0.3 is 0 Å². The third-order valence-electron chi connectivity index (χ3n) is 3.43. The molecule has 0 unspecified atom stereocenters. The molecule has 0 saturated carbocycles. The zero-order chi connectivity index (χ0) is 12.5. The Morgan fingerprint density at radius 2 is 2.17 bits per heavy atom. The molecule has 6 heteroatoms. The van der Waals surface area contributed by atoms with Crippen molar-refractivity contribution in [3.63, 3.8) is 0 Å². The fourth-order valence-corrected chi connectivity index (χ4v) is 2.68. The molecule has 0 spiro atoms. The second-order valence-corrected chi connectivity index (χ2v) is 5.33. The van der Waals surface area contributed by atoms with Gasteiger partial charge < -0.3 is 4.90 Å². The van der Waals surface area contributed by atoms with Crippen LogP contribution in [0.2, 0.25) is 0 Å². The number of nitrogens with zero attached hydrogens (tertiary/aromatic N) is 4. The second kappa shape index (κ2) is 4.61. The Balaban J connectivity index is 1.82. The van der Waals surface area contributed by atoms with E-state index in [0.717, 1.165) is 43.6 Å². The van der Waals surface area contributed by atoms with Gasteiger partial charge in [-0.05, 0) is 24.8 Å². The number of hydrogen-bond acceptors (Lipinski definition) is 5. The highest BCUT2D eigenvalue weighted by molar-refractivity contribution is 7.00. The Labute approximate surface area is 109 Å². The minimum absolute atomic E-state index is 0.0595. The van der Waals surface area contributed by atoms with Crippen molar-refractivity contribution in [1.29, 1.82) is 0 Å². The zero-order valence-corrected chi connectivity index (χ0v) is 11.0. The highest BCUT2D eigenvalue weighted by Crippen LogP contribution is 2.19. The third-order valence-corrected chi connectivity index (χ3v) is 3.96. The van der Waals surface area contributed by atoms with Gasteiger partial charge in [0.05, 0.1) is 17.3 Å². The van der Waals surface area contributed by atoms with Crippen molar-refractivity contribution in [3.8, 4) is 0 Å². The maximum absolute atomic E-state index is 12.3. The molecule has 2 aromatic rings. The Morgan fingerprint density at radius 1 is 1.39 bits per heavy atom. The molecule has 5 nitrogen and oxygen atoms in total. The van der Waals surface area contributed by atoms with Gasteiger partial charge in [-0.3, -0.25) is 4.79 Å². The van der Waals surface area contributed by atoms with Crippen LogP contribution in [0.1, 0.15) is 30.1 Å². The Morgan fingerprint density at radius 3 is 2.94 bits per heavy atom. The number of fused-ring (bicyclic) bond motifs is 1. The van der Waals surface area contributed by atoms with Crippen molar-refractivity contribution in [1.82, 2.24) is 18.6 Å². The van der Waals surface area contributed by atoms with Crippen LogP contribution in [0.25, 0.3) is 11.2 Å². The molecule has 0 atom stereocenters. The van der Waals surface area contributed by atoms with Crippen LogP contribution in [-0.4, -0.2) is 37.6 Å². The Hall–Kier alpha value is -1.56. The summed E-state index contributed by atoms with van der Waals surface area (Å²) in [4.78, 5) is 18.4. The lowest BCUT2D eigenvalue weighted by atomic mass is 9.99. The smallest absolute Gasteiger partial charge is 0.255 e. The normalized spacial score (nSPS) is 17.3. The van der Waals surface area contributed by atoms with Gasteiger partial charge in [-0.15, -0.1) is 0 Å². The van der Waals surface area contributed by atoms with Crippen molar-refractivity contribution >= 4 is 28.8 Å². The molecule has 1 aliphatic rings. The van der Waals surface area contributed by atoms with Gasteiger partial charge in [-0.1, -0.05) is 6.92 Å². The van der Waals surface area contributed by atoms with Crippen LogP contribution in [-0.2, 0) is 0 Å². The molecule has 1 fully saturated rings. The van der Waals surface area contributed by atoms with Crippen LogP contribution < -0.4 is 0 Å². The van der Waals surface area contributed by atoms with Gasteiger partial charge in [0.25, 0.3) is 5.91 Å². The predicted octanol–water partition coefficient (Wildman–Crippen LogP) is 1.96. The zero-order valence-electron chi connectivity index (χ0n) is 10.2. The van der Waals surface area contributed by atoms with Crippen molar-refractivity contribution < 1.29 is 4.79 Å². The van der Waals surface area contributed by atoms with E-state index in [1.165, 1.54) is 0 Å². The number of hydrogen-bond donors (Lipinski definition) is 0. The quantitative estimate of drug-likeness (QED) is 0.788. The standard InChI is InChI=1S/C12H14N4OS/c1-8-2-4-16(5-3-8)12(17)9-6-10-11(13-7-9)15-18-14-10/h6-8H,2-5H2,1H3. The summed E-state index contributed by atoms with van der Waals surface area (Å²) in [6.07, 6.45) is 3.77. The number of likely N-dealkylation sites (tertiary alicyclic amines) is 1. The molecule has 1 amide bonds.